The average molecular weight is 221 g/mol. The van der Waals surface area contributed by atoms with Crippen LogP contribution in [0.1, 0.15) is 39.0 Å². The summed E-state index contributed by atoms with van der Waals surface area (Å²) in [5.74, 6) is -0.493. The minimum Gasteiger partial charge on any atom is -0.298 e. The van der Waals surface area contributed by atoms with Gasteiger partial charge in [0.15, 0.2) is 10.5 Å². The molecule has 0 aromatic carbocycles. The Labute approximate surface area is 83.1 Å². The molecule has 0 atom stereocenters. The normalized spacial score (nSPS) is 21.9. The second kappa shape index (κ2) is 3.96. The van der Waals surface area contributed by atoms with Crippen LogP contribution in [0.4, 0.5) is 0 Å². The molecule has 0 aliphatic heterocycles. The van der Waals surface area contributed by atoms with Crippen LogP contribution in [-0.2, 0) is 24.5 Å². The topological polar surface area (TPSA) is 80.3 Å². The number of hydrogen-bond donors (Lipinski definition) is 0. The molecular formula is C8H13O5S. The van der Waals surface area contributed by atoms with Crippen LogP contribution < -0.4 is 0 Å². The molecule has 14 heavy (non-hydrogen) atoms. The molecule has 1 rings (SSSR count). The van der Waals surface area contributed by atoms with Crippen LogP contribution in [0, 0.1) is 0 Å². The van der Waals surface area contributed by atoms with Gasteiger partial charge in [0.25, 0.3) is 0 Å². The molecule has 0 unspecified atom stereocenters. The Morgan fingerprint density at radius 3 is 2.07 bits per heavy atom. The van der Waals surface area contributed by atoms with Gasteiger partial charge in [0.05, 0.1) is 0 Å². The van der Waals surface area contributed by atoms with Gasteiger partial charge in [0, 0.05) is 0 Å². The maximum absolute atomic E-state index is 11.4. The maximum Gasteiger partial charge on any atom is 0.308 e. The van der Waals surface area contributed by atoms with Crippen LogP contribution in [0.15, 0.2) is 0 Å². The van der Waals surface area contributed by atoms with E-state index in [1.807, 2.05) is 0 Å². The van der Waals surface area contributed by atoms with Gasteiger partial charge in [-0.15, -0.1) is 0 Å². The van der Waals surface area contributed by atoms with Crippen molar-refractivity contribution in [1.82, 2.24) is 0 Å². The van der Waals surface area contributed by atoms with E-state index in [0.717, 1.165) is 6.42 Å². The van der Waals surface area contributed by atoms with Crippen molar-refractivity contribution in [2.75, 3.05) is 0 Å². The van der Waals surface area contributed by atoms with Crippen molar-refractivity contribution in [2.24, 2.45) is 0 Å². The van der Waals surface area contributed by atoms with Crippen molar-refractivity contribution in [1.29, 1.82) is 0 Å². The van der Waals surface area contributed by atoms with Gasteiger partial charge < -0.3 is 0 Å². The summed E-state index contributed by atoms with van der Waals surface area (Å²) in [5, 5.41) is 10.1. The molecule has 0 spiro atoms. The molecule has 0 amide bonds. The zero-order valence-electron chi connectivity index (χ0n) is 7.99. The van der Waals surface area contributed by atoms with Crippen molar-refractivity contribution < 1.29 is 22.8 Å². The van der Waals surface area contributed by atoms with Crippen molar-refractivity contribution >= 4 is 15.9 Å². The monoisotopic (exact) mass is 221 g/mol. The summed E-state index contributed by atoms with van der Waals surface area (Å²) in [6.07, 6.45) is 2.58. The minimum atomic E-state index is -4.29. The first-order chi connectivity index (χ1) is 6.46. The number of Topliss-reactive ketones (excluding diaryl/α,β-unsaturated/α-hetero) is 1. The fourth-order valence-electron chi connectivity index (χ4n) is 1.97. The van der Waals surface area contributed by atoms with Crippen molar-refractivity contribution in [3.63, 3.8) is 0 Å². The molecule has 1 aliphatic rings. The van der Waals surface area contributed by atoms with Crippen LogP contribution >= 0.6 is 0 Å². The highest BCUT2D eigenvalue weighted by Gasteiger charge is 2.50. The van der Waals surface area contributed by atoms with Gasteiger partial charge in [-0.25, -0.2) is 0 Å². The van der Waals surface area contributed by atoms with Crippen LogP contribution in [0.5, 0.6) is 0 Å². The molecule has 1 fully saturated rings. The first-order valence-electron chi connectivity index (χ1n) is 4.53. The third-order valence-electron chi connectivity index (χ3n) is 2.87. The van der Waals surface area contributed by atoms with Gasteiger partial charge in [-0.2, -0.15) is 8.42 Å². The number of rotatable bonds is 3. The average Bonchev–Trinajstić information content (AvgIpc) is 2.18. The zero-order valence-corrected chi connectivity index (χ0v) is 8.80. The summed E-state index contributed by atoms with van der Waals surface area (Å²) in [7, 11) is -4.29. The van der Waals surface area contributed by atoms with Gasteiger partial charge in [-0.05, 0) is 25.0 Å². The lowest BCUT2D eigenvalue weighted by Crippen LogP contribution is -2.47. The van der Waals surface area contributed by atoms with Crippen molar-refractivity contribution in [3.8, 4) is 0 Å². The van der Waals surface area contributed by atoms with Gasteiger partial charge in [-0.1, -0.05) is 23.6 Å². The molecule has 1 saturated carbocycles. The second-order valence-electron chi connectivity index (χ2n) is 3.63. The Morgan fingerprint density at radius 2 is 1.71 bits per heavy atom. The molecule has 5 nitrogen and oxygen atoms in total. The Hall–Kier alpha value is -0.460. The summed E-state index contributed by atoms with van der Waals surface area (Å²) >= 11 is 0. The summed E-state index contributed by atoms with van der Waals surface area (Å²) < 4.78 is 24.4. The highest BCUT2D eigenvalue weighted by molar-refractivity contribution is 7.88. The van der Waals surface area contributed by atoms with Crippen LogP contribution in [-0.4, -0.2) is 18.9 Å². The molecule has 1 aliphatic carbocycles. The Balaban J connectivity index is 3.10. The molecule has 0 aromatic heterocycles. The molecule has 81 valence electrons. The largest absolute Gasteiger partial charge is 0.308 e. The van der Waals surface area contributed by atoms with E-state index in [1.54, 1.807) is 0 Å². The van der Waals surface area contributed by atoms with E-state index in [0.29, 0.717) is 12.8 Å². The predicted molar refractivity (Wildman–Crippen MR) is 47.2 cm³/mol. The van der Waals surface area contributed by atoms with Gasteiger partial charge >= 0.3 is 10.1 Å². The summed E-state index contributed by atoms with van der Waals surface area (Å²) in [6.45, 7) is 1.20. The standard InChI is InChI=1S/C8H13O5S/c1-7(9)8(14(11,12)13-10)5-3-2-4-6-8/h2-6H2,1H3. The first kappa shape index (κ1) is 11.6. The Bertz CT molecular complexity index is 313. The van der Waals surface area contributed by atoms with E-state index < -0.39 is 20.6 Å². The molecule has 1 radical (unpaired) electrons. The number of hydrogen-bond acceptors (Lipinski definition) is 4. The van der Waals surface area contributed by atoms with E-state index in [1.165, 1.54) is 6.92 Å². The number of carbonyl (C=O) groups is 1. The maximum atomic E-state index is 11.4. The lowest BCUT2D eigenvalue weighted by Gasteiger charge is -2.31. The predicted octanol–water partition coefficient (Wildman–Crippen LogP) is 0.970. The fraction of sp³-hybridized carbons (Fsp3) is 0.875. The van der Waals surface area contributed by atoms with Crippen LogP contribution in [0.25, 0.3) is 0 Å². The summed E-state index contributed by atoms with van der Waals surface area (Å²) in [4.78, 5) is 11.3. The highest BCUT2D eigenvalue weighted by atomic mass is 32.2. The Kier molecular flexibility index (Phi) is 3.28. The molecule has 0 N–H and O–H groups in total. The second-order valence-corrected chi connectivity index (χ2v) is 5.46. The molecular weight excluding hydrogens is 208 g/mol. The van der Waals surface area contributed by atoms with Crippen LogP contribution in [0.3, 0.4) is 0 Å². The smallest absolute Gasteiger partial charge is 0.298 e. The third-order valence-corrected chi connectivity index (χ3v) is 4.70. The van der Waals surface area contributed by atoms with E-state index in [-0.39, 0.29) is 12.8 Å². The quantitative estimate of drug-likeness (QED) is 0.525. The van der Waals surface area contributed by atoms with Crippen LogP contribution in [0.2, 0.25) is 0 Å². The SMILES string of the molecule is CC(=O)C1(S(=O)(=O)O[O])CCCCC1. The van der Waals surface area contributed by atoms with E-state index in [2.05, 4.69) is 4.33 Å². The van der Waals surface area contributed by atoms with Gasteiger partial charge in [0.1, 0.15) is 0 Å². The molecule has 0 aromatic rings. The van der Waals surface area contributed by atoms with Crippen molar-refractivity contribution in [2.45, 2.75) is 43.8 Å². The fourth-order valence-corrected chi connectivity index (χ4v) is 3.24. The molecule has 0 saturated heterocycles. The number of ketones is 1. The third kappa shape index (κ3) is 1.69. The van der Waals surface area contributed by atoms with Gasteiger partial charge in [-0.3, -0.25) is 4.79 Å². The minimum absolute atomic E-state index is 0.201. The zero-order chi connectivity index (χ0) is 10.8. The molecule has 0 bridgehead atoms. The molecule has 0 heterocycles. The van der Waals surface area contributed by atoms with Crippen molar-refractivity contribution in [3.05, 3.63) is 0 Å². The summed E-state index contributed by atoms with van der Waals surface area (Å²) in [5.41, 5.74) is 0. The summed E-state index contributed by atoms with van der Waals surface area (Å²) in [6, 6.07) is 0. The highest BCUT2D eigenvalue weighted by Crippen LogP contribution is 2.36. The van der Waals surface area contributed by atoms with Gasteiger partial charge in [0.2, 0.25) is 0 Å². The molecule has 6 heteroatoms. The lowest BCUT2D eigenvalue weighted by molar-refractivity contribution is -0.205. The Morgan fingerprint density at radius 1 is 1.21 bits per heavy atom. The van der Waals surface area contributed by atoms with E-state index >= 15 is 0 Å². The van der Waals surface area contributed by atoms with E-state index in [4.69, 9.17) is 0 Å². The van der Waals surface area contributed by atoms with E-state index in [9.17, 15) is 18.5 Å². The first-order valence-corrected chi connectivity index (χ1v) is 5.94. The number of carbonyl (C=O) groups excluding carboxylic acids is 1. The lowest BCUT2D eigenvalue weighted by atomic mass is 9.86.